The topological polar surface area (TPSA) is 18.5 Å². The lowest BCUT2D eigenvalue weighted by molar-refractivity contribution is 0.414. The molecule has 0 amide bonds. The van der Waals surface area contributed by atoms with Crippen molar-refractivity contribution in [3.63, 3.8) is 0 Å². The molecular weight excluding hydrogens is 319 g/mol. The zero-order valence-corrected chi connectivity index (χ0v) is 15.2. The van der Waals surface area contributed by atoms with Gasteiger partial charge in [-0.1, -0.05) is 23.2 Å². The first-order chi connectivity index (χ1) is 10.3. The Bertz CT molecular complexity index is 673. The summed E-state index contributed by atoms with van der Waals surface area (Å²) in [6, 6.07) is 3.92. The van der Waals surface area contributed by atoms with Gasteiger partial charge in [-0.2, -0.15) is 0 Å². The van der Waals surface area contributed by atoms with E-state index in [9.17, 15) is 0 Å². The van der Waals surface area contributed by atoms with Crippen LogP contribution in [0.3, 0.4) is 0 Å². The lowest BCUT2D eigenvalue weighted by Crippen LogP contribution is -1.99. The molecule has 0 N–H and O–H groups in total. The van der Waals surface area contributed by atoms with Crippen LogP contribution in [-0.2, 0) is 0 Å². The first kappa shape index (κ1) is 17.0. The van der Waals surface area contributed by atoms with Crippen molar-refractivity contribution >= 4 is 23.2 Å². The van der Waals surface area contributed by atoms with E-state index in [1.807, 2.05) is 26.0 Å². The molecule has 0 spiro atoms. The molecule has 0 bridgehead atoms. The van der Waals surface area contributed by atoms with Crippen LogP contribution in [0.4, 0.5) is 0 Å². The highest BCUT2D eigenvalue weighted by atomic mass is 35.5. The molecular formula is C18H20Cl2O2. The van der Waals surface area contributed by atoms with Gasteiger partial charge in [0.15, 0.2) is 0 Å². The van der Waals surface area contributed by atoms with Gasteiger partial charge in [-0.15, -0.1) is 0 Å². The highest BCUT2D eigenvalue weighted by Gasteiger charge is 2.20. The van der Waals surface area contributed by atoms with Crippen molar-refractivity contribution < 1.29 is 9.47 Å². The Morgan fingerprint density at radius 3 is 1.27 bits per heavy atom. The van der Waals surface area contributed by atoms with Gasteiger partial charge in [-0.05, 0) is 73.2 Å². The second-order valence-corrected chi connectivity index (χ2v) is 6.18. The summed E-state index contributed by atoms with van der Waals surface area (Å²) in [7, 11) is 3.25. The summed E-state index contributed by atoms with van der Waals surface area (Å²) in [4.78, 5) is 0. The molecule has 0 fully saturated rings. The average molecular weight is 339 g/mol. The van der Waals surface area contributed by atoms with Crippen molar-refractivity contribution in [3.05, 3.63) is 44.4 Å². The first-order valence-corrected chi connectivity index (χ1v) is 7.76. The van der Waals surface area contributed by atoms with E-state index in [2.05, 4.69) is 13.8 Å². The van der Waals surface area contributed by atoms with Crippen LogP contribution < -0.4 is 9.47 Å². The van der Waals surface area contributed by atoms with E-state index in [1.165, 1.54) is 0 Å². The second-order valence-electron chi connectivity index (χ2n) is 5.42. The zero-order valence-electron chi connectivity index (χ0n) is 13.7. The van der Waals surface area contributed by atoms with E-state index < -0.39 is 0 Å². The highest BCUT2D eigenvalue weighted by Crippen LogP contribution is 2.44. The number of hydrogen-bond donors (Lipinski definition) is 0. The number of aryl methyl sites for hydroxylation is 2. The molecule has 0 radical (unpaired) electrons. The molecule has 118 valence electrons. The van der Waals surface area contributed by atoms with Gasteiger partial charge in [0.1, 0.15) is 11.5 Å². The molecule has 0 aliphatic carbocycles. The third-order valence-electron chi connectivity index (χ3n) is 4.01. The predicted octanol–water partition coefficient (Wildman–Crippen LogP) is 5.91. The fourth-order valence-electron chi connectivity index (χ4n) is 2.91. The molecule has 0 unspecified atom stereocenters. The van der Waals surface area contributed by atoms with Gasteiger partial charge in [-0.25, -0.2) is 0 Å². The lowest BCUT2D eigenvalue weighted by Gasteiger charge is -2.20. The fourth-order valence-corrected chi connectivity index (χ4v) is 3.36. The molecule has 2 nitrogen and oxygen atoms in total. The number of halogens is 2. The quantitative estimate of drug-likeness (QED) is 0.692. The molecule has 22 heavy (non-hydrogen) atoms. The number of benzene rings is 2. The third-order valence-corrected chi connectivity index (χ3v) is 4.95. The molecule has 0 aliphatic heterocycles. The highest BCUT2D eigenvalue weighted by molar-refractivity contribution is 6.34. The monoisotopic (exact) mass is 338 g/mol. The molecule has 0 aliphatic rings. The van der Waals surface area contributed by atoms with Crippen LogP contribution in [0.15, 0.2) is 12.1 Å². The number of rotatable bonds is 3. The minimum atomic E-state index is 0.633. The third kappa shape index (κ3) is 2.66. The SMILES string of the molecule is COc1cc(C)c(-c2c(C)cc(OC)c(Cl)c2C)c(C)c1Cl. The molecule has 0 heterocycles. The van der Waals surface area contributed by atoms with Gasteiger partial charge in [0, 0.05) is 0 Å². The van der Waals surface area contributed by atoms with Crippen LogP contribution in [0.2, 0.25) is 10.0 Å². The summed E-state index contributed by atoms with van der Waals surface area (Å²) in [5.74, 6) is 1.38. The Kier molecular flexibility index (Phi) is 4.93. The lowest BCUT2D eigenvalue weighted by atomic mass is 9.89. The maximum Gasteiger partial charge on any atom is 0.138 e. The van der Waals surface area contributed by atoms with Crippen LogP contribution >= 0.6 is 23.2 Å². The van der Waals surface area contributed by atoms with Gasteiger partial charge in [0.25, 0.3) is 0 Å². The maximum absolute atomic E-state index is 6.44. The number of hydrogen-bond acceptors (Lipinski definition) is 2. The Balaban J connectivity index is 2.84. The predicted molar refractivity (Wildman–Crippen MR) is 94.0 cm³/mol. The van der Waals surface area contributed by atoms with Crippen LogP contribution in [-0.4, -0.2) is 14.2 Å². The Hall–Kier alpha value is -1.38. The van der Waals surface area contributed by atoms with Crippen LogP contribution in [0.5, 0.6) is 11.5 Å². The van der Waals surface area contributed by atoms with Crippen molar-refractivity contribution in [1.82, 2.24) is 0 Å². The van der Waals surface area contributed by atoms with Crippen molar-refractivity contribution in [3.8, 4) is 22.6 Å². The van der Waals surface area contributed by atoms with E-state index in [-0.39, 0.29) is 0 Å². The standard InChI is InChI=1S/C18H20Cl2O2/c1-9-7-13(21-5)17(19)11(3)15(9)16-10(2)8-14(22-6)18(20)12(16)4/h7-8H,1-6H3. The summed E-state index contributed by atoms with van der Waals surface area (Å²) >= 11 is 12.9. The van der Waals surface area contributed by atoms with Gasteiger partial charge in [-0.3, -0.25) is 0 Å². The van der Waals surface area contributed by atoms with E-state index in [1.54, 1.807) is 14.2 Å². The van der Waals surface area contributed by atoms with Gasteiger partial charge in [0.05, 0.1) is 24.3 Å². The van der Waals surface area contributed by atoms with E-state index in [0.717, 1.165) is 33.4 Å². The Labute approximate surface area is 142 Å². The summed E-state index contributed by atoms with van der Waals surface area (Å²) in [5.41, 5.74) is 6.39. The largest absolute Gasteiger partial charge is 0.495 e. The molecule has 4 heteroatoms. The summed E-state index contributed by atoms with van der Waals surface area (Å²) < 4.78 is 10.7. The second kappa shape index (κ2) is 6.39. The van der Waals surface area contributed by atoms with Crippen LogP contribution in [0, 0.1) is 27.7 Å². The van der Waals surface area contributed by atoms with E-state index in [0.29, 0.717) is 21.5 Å². The average Bonchev–Trinajstić information content (AvgIpc) is 2.49. The molecule has 0 aromatic heterocycles. The molecule has 2 aromatic carbocycles. The van der Waals surface area contributed by atoms with Crippen LogP contribution in [0.1, 0.15) is 22.3 Å². The van der Waals surface area contributed by atoms with Crippen molar-refractivity contribution in [2.45, 2.75) is 27.7 Å². The smallest absolute Gasteiger partial charge is 0.138 e. The van der Waals surface area contributed by atoms with E-state index >= 15 is 0 Å². The molecule has 0 saturated carbocycles. The minimum Gasteiger partial charge on any atom is -0.495 e. The number of ether oxygens (including phenoxy) is 2. The molecule has 2 aromatic rings. The normalized spacial score (nSPS) is 10.7. The Morgan fingerprint density at radius 2 is 1.00 bits per heavy atom. The first-order valence-electron chi connectivity index (χ1n) is 7.01. The fraction of sp³-hybridized carbons (Fsp3) is 0.333. The van der Waals surface area contributed by atoms with Crippen molar-refractivity contribution in [2.24, 2.45) is 0 Å². The van der Waals surface area contributed by atoms with Gasteiger partial charge in [0.2, 0.25) is 0 Å². The van der Waals surface area contributed by atoms with Gasteiger partial charge < -0.3 is 9.47 Å². The van der Waals surface area contributed by atoms with E-state index in [4.69, 9.17) is 32.7 Å². The summed E-state index contributed by atoms with van der Waals surface area (Å²) in [5, 5.41) is 1.27. The van der Waals surface area contributed by atoms with Gasteiger partial charge >= 0.3 is 0 Å². The molecule has 0 atom stereocenters. The van der Waals surface area contributed by atoms with Crippen molar-refractivity contribution in [2.75, 3.05) is 14.2 Å². The number of methoxy groups -OCH3 is 2. The maximum atomic E-state index is 6.44. The zero-order chi connectivity index (χ0) is 16.6. The Morgan fingerprint density at radius 1 is 0.682 bits per heavy atom. The summed E-state index contributed by atoms with van der Waals surface area (Å²) in [6.45, 7) is 8.12. The molecule has 2 rings (SSSR count). The van der Waals surface area contributed by atoms with Crippen molar-refractivity contribution in [1.29, 1.82) is 0 Å². The summed E-state index contributed by atoms with van der Waals surface area (Å²) in [6.07, 6.45) is 0. The molecule has 0 saturated heterocycles. The minimum absolute atomic E-state index is 0.633. The van der Waals surface area contributed by atoms with Crippen LogP contribution in [0.25, 0.3) is 11.1 Å².